The second-order valence-electron chi connectivity index (χ2n) is 2.84. The van der Waals surface area contributed by atoms with Crippen LogP contribution in [0, 0.1) is 0 Å². The first-order valence-corrected chi connectivity index (χ1v) is 4.05. The fourth-order valence-electron chi connectivity index (χ4n) is 1.31. The van der Waals surface area contributed by atoms with Crippen molar-refractivity contribution in [1.82, 2.24) is 4.98 Å². The summed E-state index contributed by atoms with van der Waals surface area (Å²) in [5.74, 6) is 4.99. The Bertz CT molecular complexity index is 414. The topological polar surface area (TPSA) is 48.1 Å². The molecule has 0 bridgehead atoms. The average molecular weight is 174 g/mol. The Morgan fingerprint density at radius 3 is 3.08 bits per heavy atom. The number of rotatable bonds is 2. The first kappa shape index (κ1) is 8.16. The van der Waals surface area contributed by atoms with E-state index >= 15 is 0 Å². The largest absolute Gasteiger partial charge is 0.300 e. The van der Waals surface area contributed by atoms with Gasteiger partial charge in [0, 0.05) is 11.6 Å². The lowest BCUT2D eigenvalue weighted by atomic mass is 10.1. The van der Waals surface area contributed by atoms with E-state index < -0.39 is 0 Å². The Balaban J connectivity index is 2.49. The highest BCUT2D eigenvalue weighted by atomic mass is 16.6. The van der Waals surface area contributed by atoms with E-state index in [1.807, 2.05) is 30.3 Å². The summed E-state index contributed by atoms with van der Waals surface area (Å²) >= 11 is 0. The molecule has 3 nitrogen and oxygen atoms in total. The van der Waals surface area contributed by atoms with Crippen molar-refractivity contribution in [1.29, 1.82) is 0 Å². The molecule has 13 heavy (non-hydrogen) atoms. The van der Waals surface area contributed by atoms with Gasteiger partial charge in [0.05, 0.1) is 12.1 Å². The van der Waals surface area contributed by atoms with Gasteiger partial charge in [-0.2, -0.15) is 0 Å². The van der Waals surface area contributed by atoms with Gasteiger partial charge >= 0.3 is 0 Å². The Morgan fingerprint density at radius 1 is 1.31 bits per heavy atom. The summed E-state index contributed by atoms with van der Waals surface area (Å²) in [4.78, 5) is 8.77. The lowest BCUT2D eigenvalue weighted by Gasteiger charge is -2.00. The number of benzene rings is 1. The van der Waals surface area contributed by atoms with Crippen molar-refractivity contribution >= 4 is 10.9 Å². The van der Waals surface area contributed by atoms with Crippen LogP contribution in [0.15, 0.2) is 36.5 Å². The molecule has 0 unspecified atom stereocenters. The number of nitrogens with zero attached hydrogens (tertiary/aromatic N) is 1. The number of fused-ring (bicyclic) bond motifs is 1. The van der Waals surface area contributed by atoms with Gasteiger partial charge in [-0.1, -0.05) is 12.1 Å². The number of pyridine rings is 1. The third-order valence-corrected chi connectivity index (χ3v) is 1.92. The number of hydrogen-bond acceptors (Lipinski definition) is 3. The summed E-state index contributed by atoms with van der Waals surface area (Å²) < 4.78 is 0. The van der Waals surface area contributed by atoms with E-state index in [4.69, 9.17) is 5.90 Å². The molecule has 66 valence electrons. The Labute approximate surface area is 76.1 Å². The summed E-state index contributed by atoms with van der Waals surface area (Å²) in [7, 11) is 0. The second-order valence-corrected chi connectivity index (χ2v) is 2.84. The van der Waals surface area contributed by atoms with Crippen LogP contribution in [0.1, 0.15) is 5.56 Å². The van der Waals surface area contributed by atoms with Gasteiger partial charge in [-0.05, 0) is 23.8 Å². The molecule has 0 amide bonds. The summed E-state index contributed by atoms with van der Waals surface area (Å²) in [6.45, 7) is 0.435. The van der Waals surface area contributed by atoms with Crippen LogP contribution in [0.5, 0.6) is 0 Å². The summed E-state index contributed by atoms with van der Waals surface area (Å²) in [6.07, 6.45) is 1.78. The van der Waals surface area contributed by atoms with Crippen molar-refractivity contribution < 1.29 is 4.84 Å². The van der Waals surface area contributed by atoms with Crippen molar-refractivity contribution in [2.45, 2.75) is 6.61 Å². The summed E-state index contributed by atoms with van der Waals surface area (Å²) in [5, 5.41) is 1.11. The van der Waals surface area contributed by atoms with Crippen LogP contribution in [0.4, 0.5) is 0 Å². The first-order valence-electron chi connectivity index (χ1n) is 4.05. The van der Waals surface area contributed by atoms with E-state index in [0.29, 0.717) is 6.61 Å². The maximum absolute atomic E-state index is 4.99. The van der Waals surface area contributed by atoms with Gasteiger partial charge in [0.25, 0.3) is 0 Å². The molecule has 2 aromatic rings. The summed E-state index contributed by atoms with van der Waals surface area (Å²) in [5.41, 5.74) is 2.05. The molecule has 1 aromatic heterocycles. The van der Waals surface area contributed by atoms with Gasteiger partial charge in [0.1, 0.15) is 0 Å². The molecule has 0 saturated carbocycles. The number of hydrogen-bond donors (Lipinski definition) is 1. The van der Waals surface area contributed by atoms with Crippen LogP contribution in [0.25, 0.3) is 10.9 Å². The standard InChI is InChI=1S/C10H10N2O/c11-13-7-8-3-4-10-9(6-8)2-1-5-12-10/h1-6H,7,11H2. The van der Waals surface area contributed by atoms with Crippen molar-refractivity contribution in [3.8, 4) is 0 Å². The maximum Gasteiger partial charge on any atom is 0.0930 e. The lowest BCUT2D eigenvalue weighted by molar-refractivity contribution is 0.124. The highest BCUT2D eigenvalue weighted by Crippen LogP contribution is 2.13. The lowest BCUT2D eigenvalue weighted by Crippen LogP contribution is -1.98. The van der Waals surface area contributed by atoms with Crippen molar-refractivity contribution in [3.05, 3.63) is 42.1 Å². The normalized spacial score (nSPS) is 10.5. The zero-order valence-corrected chi connectivity index (χ0v) is 7.10. The van der Waals surface area contributed by atoms with Gasteiger partial charge in [0.2, 0.25) is 0 Å². The molecular weight excluding hydrogens is 164 g/mol. The van der Waals surface area contributed by atoms with E-state index in [1.54, 1.807) is 6.20 Å². The average Bonchev–Trinajstić information content (AvgIpc) is 2.18. The van der Waals surface area contributed by atoms with Crippen LogP contribution in [0.3, 0.4) is 0 Å². The van der Waals surface area contributed by atoms with E-state index in [2.05, 4.69) is 9.82 Å². The van der Waals surface area contributed by atoms with Gasteiger partial charge < -0.3 is 0 Å². The molecule has 0 aliphatic carbocycles. The van der Waals surface area contributed by atoms with Crippen molar-refractivity contribution in [3.63, 3.8) is 0 Å². The molecule has 0 fully saturated rings. The Kier molecular flexibility index (Phi) is 2.21. The van der Waals surface area contributed by atoms with Gasteiger partial charge in [-0.3, -0.25) is 9.82 Å². The van der Waals surface area contributed by atoms with Gasteiger partial charge in [-0.25, -0.2) is 5.90 Å². The van der Waals surface area contributed by atoms with E-state index in [1.165, 1.54) is 0 Å². The minimum Gasteiger partial charge on any atom is -0.300 e. The fourth-order valence-corrected chi connectivity index (χ4v) is 1.31. The zero-order valence-electron chi connectivity index (χ0n) is 7.10. The zero-order chi connectivity index (χ0) is 9.10. The van der Waals surface area contributed by atoms with Crippen molar-refractivity contribution in [2.24, 2.45) is 5.90 Å². The maximum atomic E-state index is 4.99. The summed E-state index contributed by atoms with van der Waals surface area (Å²) in [6, 6.07) is 9.87. The molecule has 0 radical (unpaired) electrons. The molecule has 0 saturated heterocycles. The molecular formula is C10H10N2O. The minimum atomic E-state index is 0.435. The van der Waals surface area contributed by atoms with E-state index in [-0.39, 0.29) is 0 Å². The Hall–Kier alpha value is -1.45. The van der Waals surface area contributed by atoms with Crippen molar-refractivity contribution in [2.75, 3.05) is 0 Å². The highest BCUT2D eigenvalue weighted by molar-refractivity contribution is 5.78. The SMILES string of the molecule is NOCc1ccc2ncccc2c1. The molecule has 2 N–H and O–H groups in total. The van der Waals surface area contributed by atoms with Crippen LogP contribution in [0.2, 0.25) is 0 Å². The van der Waals surface area contributed by atoms with Crippen LogP contribution < -0.4 is 5.90 Å². The minimum absolute atomic E-state index is 0.435. The van der Waals surface area contributed by atoms with Crippen LogP contribution in [-0.2, 0) is 11.4 Å². The third-order valence-electron chi connectivity index (χ3n) is 1.92. The highest BCUT2D eigenvalue weighted by Gasteiger charge is 1.95. The monoisotopic (exact) mass is 174 g/mol. The van der Waals surface area contributed by atoms with Gasteiger partial charge in [-0.15, -0.1) is 0 Å². The predicted molar refractivity (Wildman–Crippen MR) is 50.7 cm³/mol. The smallest absolute Gasteiger partial charge is 0.0930 e. The quantitative estimate of drug-likeness (QED) is 0.704. The second kappa shape index (κ2) is 3.51. The van der Waals surface area contributed by atoms with Crippen LogP contribution >= 0.6 is 0 Å². The Morgan fingerprint density at radius 2 is 2.23 bits per heavy atom. The molecule has 0 atom stereocenters. The molecule has 2 rings (SSSR count). The third kappa shape index (κ3) is 1.66. The molecule has 1 heterocycles. The molecule has 1 aromatic carbocycles. The molecule has 0 aliphatic heterocycles. The fraction of sp³-hybridized carbons (Fsp3) is 0.100. The van der Waals surface area contributed by atoms with Crippen LogP contribution in [-0.4, -0.2) is 4.98 Å². The first-order chi connectivity index (χ1) is 6.40. The molecule has 3 heteroatoms. The van der Waals surface area contributed by atoms with E-state index in [9.17, 15) is 0 Å². The van der Waals surface area contributed by atoms with Gasteiger partial charge in [0.15, 0.2) is 0 Å². The predicted octanol–water partition coefficient (Wildman–Crippen LogP) is 1.63. The van der Waals surface area contributed by atoms with E-state index in [0.717, 1.165) is 16.5 Å². The number of nitrogens with two attached hydrogens (primary N) is 1. The molecule has 0 aliphatic rings. The molecule has 0 spiro atoms. The number of aromatic nitrogens is 1.